The minimum absolute atomic E-state index is 0.0852. The van der Waals surface area contributed by atoms with E-state index in [1.165, 1.54) is 5.57 Å². The van der Waals surface area contributed by atoms with Gasteiger partial charge < -0.3 is 5.32 Å². The van der Waals surface area contributed by atoms with Gasteiger partial charge in [0, 0.05) is 12.3 Å². The molecule has 2 bridgehead atoms. The molecular formula is C12H11NO. The van der Waals surface area contributed by atoms with Gasteiger partial charge in [0.1, 0.15) is 0 Å². The molecule has 1 N–H and O–H groups in total. The maximum Gasteiger partial charge on any atom is 0.247 e. The molecular weight excluding hydrogens is 174 g/mol. The van der Waals surface area contributed by atoms with E-state index in [2.05, 4.69) is 5.32 Å². The summed E-state index contributed by atoms with van der Waals surface area (Å²) in [5.74, 6) is -0.0852. The maximum atomic E-state index is 11.1. The average Bonchev–Trinajstić information content (AvgIpc) is 2.34. The van der Waals surface area contributed by atoms with Crippen molar-refractivity contribution in [3.05, 3.63) is 59.9 Å². The molecule has 0 aromatic heterocycles. The Morgan fingerprint density at radius 1 is 1.00 bits per heavy atom. The number of amides is 1. The Bertz CT molecular complexity index is 395. The molecule has 1 aliphatic carbocycles. The molecule has 1 amide bonds. The molecule has 2 nitrogen and oxygen atoms in total. The molecule has 0 unspecified atom stereocenters. The molecule has 0 atom stereocenters. The van der Waals surface area contributed by atoms with Crippen LogP contribution in [0.3, 0.4) is 0 Å². The van der Waals surface area contributed by atoms with E-state index in [9.17, 15) is 4.79 Å². The molecule has 0 saturated heterocycles. The van der Waals surface area contributed by atoms with Gasteiger partial charge in [-0.2, -0.15) is 0 Å². The van der Waals surface area contributed by atoms with Crippen LogP contribution >= 0.6 is 0 Å². The van der Waals surface area contributed by atoms with Gasteiger partial charge in [-0.05, 0) is 23.6 Å². The molecule has 2 aliphatic rings. The Kier molecular flexibility index (Phi) is 2.45. The molecule has 0 spiro atoms. The first-order chi connectivity index (χ1) is 6.84. The molecule has 0 aromatic carbocycles. The van der Waals surface area contributed by atoms with Crippen LogP contribution in [0.25, 0.3) is 0 Å². The smallest absolute Gasteiger partial charge is 0.247 e. The number of carbonyl (C=O) groups excluding carboxylic acids is 1. The van der Waals surface area contributed by atoms with Crippen LogP contribution in [-0.2, 0) is 4.79 Å². The maximum absolute atomic E-state index is 11.1. The highest BCUT2D eigenvalue weighted by atomic mass is 16.1. The van der Waals surface area contributed by atoms with Gasteiger partial charge >= 0.3 is 0 Å². The van der Waals surface area contributed by atoms with Gasteiger partial charge in [0.05, 0.1) is 0 Å². The predicted molar refractivity (Wildman–Crippen MR) is 56.3 cm³/mol. The molecule has 0 radical (unpaired) electrons. The standard InChI is InChI=1S/C12H11NO/c14-12-6-5-10-3-1-2-4-11(9-10)7-8-13-12/h1-8H,9H2,(H,13,14). The minimum atomic E-state index is -0.0852. The molecule has 14 heavy (non-hydrogen) atoms. The van der Waals surface area contributed by atoms with Crippen molar-refractivity contribution in [3.8, 4) is 0 Å². The zero-order chi connectivity index (χ0) is 9.80. The number of hydrogen-bond donors (Lipinski definition) is 1. The normalized spacial score (nSPS) is 24.4. The highest BCUT2D eigenvalue weighted by Gasteiger charge is 2.02. The number of nitrogens with one attached hydrogen (secondary N) is 1. The first-order valence-corrected chi connectivity index (χ1v) is 4.56. The van der Waals surface area contributed by atoms with E-state index >= 15 is 0 Å². The summed E-state index contributed by atoms with van der Waals surface area (Å²) in [6, 6.07) is 0. The molecule has 0 fully saturated rings. The summed E-state index contributed by atoms with van der Waals surface area (Å²) >= 11 is 0. The third kappa shape index (κ3) is 2.10. The second-order valence-electron chi connectivity index (χ2n) is 3.22. The van der Waals surface area contributed by atoms with Crippen molar-refractivity contribution in [2.75, 3.05) is 0 Å². The lowest BCUT2D eigenvalue weighted by molar-refractivity contribution is -0.115. The molecule has 0 saturated carbocycles. The van der Waals surface area contributed by atoms with E-state index in [4.69, 9.17) is 0 Å². The van der Waals surface area contributed by atoms with Crippen LogP contribution in [0.15, 0.2) is 59.9 Å². The highest BCUT2D eigenvalue weighted by Crippen LogP contribution is 2.17. The molecule has 1 aliphatic heterocycles. The van der Waals surface area contributed by atoms with Crippen molar-refractivity contribution in [2.45, 2.75) is 6.42 Å². The van der Waals surface area contributed by atoms with E-state index in [1.54, 1.807) is 12.3 Å². The van der Waals surface area contributed by atoms with Gasteiger partial charge in [0.2, 0.25) is 5.91 Å². The van der Waals surface area contributed by atoms with Crippen molar-refractivity contribution in [1.82, 2.24) is 5.32 Å². The summed E-state index contributed by atoms with van der Waals surface area (Å²) in [5, 5.41) is 2.66. The fraction of sp³-hybridized carbons (Fsp3) is 0.0833. The van der Waals surface area contributed by atoms with Gasteiger partial charge in [-0.1, -0.05) is 30.4 Å². The SMILES string of the molecule is O=C1/C=C/C2=CC=CC=C(/C=C/N1)C2. The Hall–Kier alpha value is -1.83. The fourth-order valence-electron chi connectivity index (χ4n) is 1.40. The van der Waals surface area contributed by atoms with Crippen LogP contribution < -0.4 is 5.32 Å². The first-order valence-electron chi connectivity index (χ1n) is 4.56. The number of rotatable bonds is 0. The molecule has 0 aromatic rings. The van der Waals surface area contributed by atoms with E-state index < -0.39 is 0 Å². The van der Waals surface area contributed by atoms with Crippen molar-refractivity contribution in [3.63, 3.8) is 0 Å². The Balaban J connectivity index is 2.38. The van der Waals surface area contributed by atoms with Gasteiger partial charge in [-0.25, -0.2) is 0 Å². The van der Waals surface area contributed by atoms with E-state index in [1.807, 2.05) is 36.5 Å². The summed E-state index contributed by atoms with van der Waals surface area (Å²) in [5.41, 5.74) is 2.34. The van der Waals surface area contributed by atoms with E-state index in [0.29, 0.717) is 0 Å². The first kappa shape index (κ1) is 8.75. The predicted octanol–water partition coefficient (Wildman–Crippen LogP) is 2.00. The van der Waals surface area contributed by atoms with Crippen LogP contribution in [0, 0.1) is 0 Å². The Labute approximate surface area is 83.0 Å². The molecule has 1 heterocycles. The number of carbonyl (C=O) groups is 1. The van der Waals surface area contributed by atoms with E-state index in [-0.39, 0.29) is 5.91 Å². The summed E-state index contributed by atoms with van der Waals surface area (Å²) in [7, 11) is 0. The Morgan fingerprint density at radius 2 is 1.71 bits per heavy atom. The monoisotopic (exact) mass is 185 g/mol. The van der Waals surface area contributed by atoms with Crippen molar-refractivity contribution in [2.24, 2.45) is 0 Å². The minimum Gasteiger partial charge on any atom is -0.329 e. The molecule has 2 heteroatoms. The summed E-state index contributed by atoms with van der Waals surface area (Å²) in [6.45, 7) is 0. The summed E-state index contributed by atoms with van der Waals surface area (Å²) < 4.78 is 0. The van der Waals surface area contributed by atoms with Crippen molar-refractivity contribution >= 4 is 5.91 Å². The van der Waals surface area contributed by atoms with Gasteiger partial charge in [-0.3, -0.25) is 4.79 Å². The zero-order valence-corrected chi connectivity index (χ0v) is 7.73. The van der Waals surface area contributed by atoms with Crippen molar-refractivity contribution < 1.29 is 4.79 Å². The molecule has 70 valence electrons. The third-order valence-corrected chi connectivity index (χ3v) is 2.11. The quantitative estimate of drug-likeness (QED) is 0.614. The number of allylic oxidation sites excluding steroid dienone is 8. The second kappa shape index (κ2) is 3.92. The largest absolute Gasteiger partial charge is 0.329 e. The highest BCUT2D eigenvalue weighted by molar-refractivity contribution is 5.88. The summed E-state index contributed by atoms with van der Waals surface area (Å²) in [6.07, 6.45) is 15.9. The lowest BCUT2D eigenvalue weighted by atomic mass is 10.1. The third-order valence-electron chi connectivity index (χ3n) is 2.11. The zero-order valence-electron chi connectivity index (χ0n) is 7.73. The lowest BCUT2D eigenvalue weighted by Gasteiger charge is -1.99. The fourth-order valence-corrected chi connectivity index (χ4v) is 1.40. The van der Waals surface area contributed by atoms with Crippen LogP contribution in [0.1, 0.15) is 6.42 Å². The van der Waals surface area contributed by atoms with Gasteiger partial charge in [0.15, 0.2) is 0 Å². The van der Waals surface area contributed by atoms with Crippen LogP contribution in [0.5, 0.6) is 0 Å². The summed E-state index contributed by atoms with van der Waals surface area (Å²) in [4.78, 5) is 11.1. The van der Waals surface area contributed by atoms with Gasteiger partial charge in [-0.15, -0.1) is 0 Å². The van der Waals surface area contributed by atoms with Crippen molar-refractivity contribution in [1.29, 1.82) is 0 Å². The van der Waals surface area contributed by atoms with Gasteiger partial charge in [0.25, 0.3) is 0 Å². The van der Waals surface area contributed by atoms with Crippen LogP contribution in [0.4, 0.5) is 0 Å². The average molecular weight is 185 g/mol. The molecule has 2 rings (SSSR count). The second-order valence-corrected chi connectivity index (χ2v) is 3.22. The Morgan fingerprint density at radius 3 is 2.50 bits per heavy atom. The number of fused-ring (bicyclic) bond motifs is 2. The van der Waals surface area contributed by atoms with E-state index in [0.717, 1.165) is 12.0 Å². The lowest BCUT2D eigenvalue weighted by Crippen LogP contribution is -2.12. The topological polar surface area (TPSA) is 29.1 Å². The number of hydrogen-bond acceptors (Lipinski definition) is 1. The van der Waals surface area contributed by atoms with Crippen LogP contribution in [-0.4, -0.2) is 5.91 Å². The van der Waals surface area contributed by atoms with Crippen LogP contribution in [0.2, 0.25) is 0 Å².